The van der Waals surface area contributed by atoms with Gasteiger partial charge in [0.05, 0.1) is 11.5 Å². The van der Waals surface area contributed by atoms with Gasteiger partial charge in [-0.05, 0) is 44.4 Å². The summed E-state index contributed by atoms with van der Waals surface area (Å²) < 4.78 is 38.4. The van der Waals surface area contributed by atoms with Crippen LogP contribution in [0.3, 0.4) is 0 Å². The van der Waals surface area contributed by atoms with Crippen LogP contribution in [0.25, 0.3) is 0 Å². The van der Waals surface area contributed by atoms with E-state index < -0.39 is 17.7 Å². The van der Waals surface area contributed by atoms with Crippen LogP contribution < -0.4 is 10.6 Å². The molecular formula is C15H27F3IN3O. The van der Waals surface area contributed by atoms with Gasteiger partial charge >= 0.3 is 6.18 Å². The molecule has 2 aliphatic carbocycles. The van der Waals surface area contributed by atoms with Gasteiger partial charge in [0.1, 0.15) is 0 Å². The van der Waals surface area contributed by atoms with Crippen LogP contribution in [-0.4, -0.2) is 43.0 Å². The highest BCUT2D eigenvalue weighted by Gasteiger charge is 2.42. The molecule has 0 aliphatic heterocycles. The minimum Gasteiger partial charge on any atom is -0.388 e. The number of hydrogen-bond donors (Lipinski definition) is 3. The van der Waals surface area contributed by atoms with E-state index in [1.807, 2.05) is 0 Å². The molecule has 0 bridgehead atoms. The molecule has 2 saturated carbocycles. The molecule has 0 aromatic carbocycles. The Balaban J connectivity index is 0.00000264. The Kier molecular flexibility index (Phi) is 7.89. The Hall–Kier alpha value is -0.250. The lowest BCUT2D eigenvalue weighted by molar-refractivity contribution is -0.185. The van der Waals surface area contributed by atoms with Crippen LogP contribution >= 0.6 is 24.0 Å². The highest BCUT2D eigenvalue weighted by atomic mass is 127. The molecule has 0 amide bonds. The molecule has 136 valence electrons. The molecule has 2 aliphatic rings. The molecule has 4 nitrogen and oxygen atoms in total. The van der Waals surface area contributed by atoms with Gasteiger partial charge < -0.3 is 15.7 Å². The SMILES string of the molecule is CN=C(NCC1CCCC(C(F)(F)F)C1)NCC1(O)CCC1.I. The minimum atomic E-state index is -4.08. The van der Waals surface area contributed by atoms with Gasteiger partial charge in [-0.1, -0.05) is 6.42 Å². The molecule has 2 rings (SSSR count). The molecular weight excluding hydrogens is 422 g/mol. The third-order valence-corrected chi connectivity index (χ3v) is 4.90. The van der Waals surface area contributed by atoms with Gasteiger partial charge in [0, 0.05) is 20.1 Å². The summed E-state index contributed by atoms with van der Waals surface area (Å²) in [5, 5.41) is 16.2. The van der Waals surface area contributed by atoms with Gasteiger partial charge in [-0.25, -0.2) is 0 Å². The normalized spacial score (nSPS) is 27.6. The van der Waals surface area contributed by atoms with Crippen molar-refractivity contribution in [2.24, 2.45) is 16.8 Å². The lowest BCUT2D eigenvalue weighted by atomic mass is 9.80. The summed E-state index contributed by atoms with van der Waals surface area (Å²) in [7, 11) is 1.62. The second kappa shape index (κ2) is 8.73. The lowest BCUT2D eigenvalue weighted by Gasteiger charge is -2.37. The van der Waals surface area contributed by atoms with Gasteiger partial charge in [0.2, 0.25) is 0 Å². The van der Waals surface area contributed by atoms with Crippen LogP contribution in [0.1, 0.15) is 44.9 Å². The van der Waals surface area contributed by atoms with Crippen molar-refractivity contribution < 1.29 is 18.3 Å². The predicted molar refractivity (Wildman–Crippen MR) is 95.1 cm³/mol. The van der Waals surface area contributed by atoms with E-state index >= 15 is 0 Å². The standard InChI is InChI=1S/C15H26F3N3O.HI/c1-19-13(21-10-14(22)6-3-7-14)20-9-11-4-2-5-12(8-11)15(16,17)18;/h11-12,22H,2-10H2,1H3,(H2,19,20,21);1H. The van der Waals surface area contributed by atoms with Crippen molar-refractivity contribution in [2.75, 3.05) is 20.1 Å². The Morgan fingerprint density at radius 3 is 2.43 bits per heavy atom. The fourth-order valence-corrected chi connectivity index (χ4v) is 3.25. The largest absolute Gasteiger partial charge is 0.391 e. The molecule has 0 aromatic heterocycles. The van der Waals surface area contributed by atoms with Crippen LogP contribution in [0.5, 0.6) is 0 Å². The van der Waals surface area contributed by atoms with Crippen molar-refractivity contribution in [3.05, 3.63) is 0 Å². The number of rotatable bonds is 4. The van der Waals surface area contributed by atoms with Crippen molar-refractivity contribution >= 4 is 29.9 Å². The number of aliphatic hydroxyl groups is 1. The zero-order chi connectivity index (χ0) is 16.2. The van der Waals surface area contributed by atoms with Crippen molar-refractivity contribution in [1.29, 1.82) is 0 Å². The summed E-state index contributed by atoms with van der Waals surface area (Å²) in [6, 6.07) is 0. The first-order chi connectivity index (χ1) is 10.3. The molecule has 0 saturated heterocycles. The average molecular weight is 449 g/mol. The summed E-state index contributed by atoms with van der Waals surface area (Å²) in [6.07, 6.45) is 0.414. The monoisotopic (exact) mass is 449 g/mol. The zero-order valence-corrected chi connectivity index (χ0v) is 15.8. The Labute approximate surface area is 152 Å². The number of nitrogens with zero attached hydrogens (tertiary/aromatic N) is 1. The predicted octanol–water partition coefficient (Wildman–Crippen LogP) is 3.05. The van der Waals surface area contributed by atoms with Gasteiger partial charge in [-0.2, -0.15) is 13.2 Å². The molecule has 2 fully saturated rings. The number of nitrogens with one attached hydrogen (secondary N) is 2. The highest BCUT2D eigenvalue weighted by molar-refractivity contribution is 14.0. The maximum Gasteiger partial charge on any atom is 0.391 e. The summed E-state index contributed by atoms with van der Waals surface area (Å²) in [5.41, 5.74) is -0.649. The molecule has 2 unspecified atom stereocenters. The van der Waals surface area contributed by atoms with E-state index in [4.69, 9.17) is 0 Å². The zero-order valence-electron chi connectivity index (χ0n) is 13.5. The quantitative estimate of drug-likeness (QED) is 0.352. The number of alkyl halides is 3. The second-order valence-corrected chi connectivity index (χ2v) is 6.66. The van der Waals surface area contributed by atoms with E-state index in [2.05, 4.69) is 15.6 Å². The number of halogens is 4. The minimum absolute atomic E-state index is 0. The van der Waals surface area contributed by atoms with E-state index in [1.54, 1.807) is 7.05 Å². The third-order valence-electron chi connectivity index (χ3n) is 4.90. The Bertz CT molecular complexity index is 400. The van der Waals surface area contributed by atoms with Crippen molar-refractivity contribution in [3.63, 3.8) is 0 Å². The molecule has 0 heterocycles. The van der Waals surface area contributed by atoms with E-state index in [0.717, 1.165) is 25.7 Å². The summed E-state index contributed by atoms with van der Waals surface area (Å²) >= 11 is 0. The fraction of sp³-hybridized carbons (Fsp3) is 0.933. The van der Waals surface area contributed by atoms with Crippen LogP contribution in [0.15, 0.2) is 4.99 Å². The molecule has 0 spiro atoms. The van der Waals surface area contributed by atoms with E-state index in [0.29, 0.717) is 25.5 Å². The van der Waals surface area contributed by atoms with Crippen molar-refractivity contribution in [2.45, 2.75) is 56.7 Å². The van der Waals surface area contributed by atoms with E-state index in [1.165, 1.54) is 0 Å². The number of hydrogen-bond acceptors (Lipinski definition) is 2. The third kappa shape index (κ3) is 6.28. The smallest absolute Gasteiger partial charge is 0.388 e. The van der Waals surface area contributed by atoms with E-state index in [9.17, 15) is 18.3 Å². The average Bonchev–Trinajstić information content (AvgIpc) is 2.45. The first-order valence-corrected chi connectivity index (χ1v) is 8.06. The highest BCUT2D eigenvalue weighted by Crippen LogP contribution is 2.39. The fourth-order valence-electron chi connectivity index (χ4n) is 3.25. The van der Waals surface area contributed by atoms with Crippen LogP contribution in [0, 0.1) is 11.8 Å². The van der Waals surface area contributed by atoms with Crippen molar-refractivity contribution in [1.82, 2.24) is 10.6 Å². The van der Waals surface area contributed by atoms with Crippen LogP contribution in [-0.2, 0) is 0 Å². The van der Waals surface area contributed by atoms with Gasteiger partial charge in [-0.15, -0.1) is 24.0 Å². The van der Waals surface area contributed by atoms with Crippen LogP contribution in [0.2, 0.25) is 0 Å². The number of aliphatic imine (C=N–C) groups is 1. The van der Waals surface area contributed by atoms with Gasteiger partial charge in [0.25, 0.3) is 0 Å². The first kappa shape index (κ1) is 20.8. The van der Waals surface area contributed by atoms with Gasteiger partial charge in [0.15, 0.2) is 5.96 Å². The summed E-state index contributed by atoms with van der Waals surface area (Å²) in [6.45, 7) is 0.924. The Morgan fingerprint density at radius 2 is 1.91 bits per heavy atom. The second-order valence-electron chi connectivity index (χ2n) is 6.66. The topological polar surface area (TPSA) is 56.7 Å². The Morgan fingerprint density at radius 1 is 1.22 bits per heavy atom. The molecule has 2 atom stereocenters. The first-order valence-electron chi connectivity index (χ1n) is 8.06. The molecule has 3 N–H and O–H groups in total. The van der Waals surface area contributed by atoms with Gasteiger partial charge in [-0.3, -0.25) is 4.99 Å². The summed E-state index contributed by atoms with van der Waals surface area (Å²) in [5.74, 6) is -0.598. The van der Waals surface area contributed by atoms with E-state index in [-0.39, 0.29) is 42.7 Å². The lowest BCUT2D eigenvalue weighted by Crippen LogP contribution is -2.51. The maximum absolute atomic E-state index is 12.8. The van der Waals surface area contributed by atoms with Crippen LogP contribution in [0.4, 0.5) is 13.2 Å². The molecule has 0 radical (unpaired) electrons. The molecule has 23 heavy (non-hydrogen) atoms. The maximum atomic E-state index is 12.8. The molecule has 8 heteroatoms. The van der Waals surface area contributed by atoms with Crippen molar-refractivity contribution in [3.8, 4) is 0 Å². The number of guanidine groups is 1. The summed E-state index contributed by atoms with van der Waals surface area (Å²) in [4.78, 5) is 4.06. The molecule has 0 aromatic rings.